The molecule has 0 atom stereocenters. The predicted octanol–water partition coefficient (Wildman–Crippen LogP) is 2.58. The monoisotopic (exact) mass is 383 g/mol. The fraction of sp³-hybridized carbons (Fsp3) is 0.350. The van der Waals surface area contributed by atoms with E-state index in [1.807, 2.05) is 19.1 Å². The predicted molar refractivity (Wildman–Crippen MR) is 107 cm³/mol. The van der Waals surface area contributed by atoms with Gasteiger partial charge in [0.05, 0.1) is 11.2 Å². The number of benzene rings is 1. The average molecular weight is 383 g/mol. The van der Waals surface area contributed by atoms with E-state index in [1.165, 1.54) is 20.5 Å². The zero-order chi connectivity index (χ0) is 19.0. The molecule has 1 amide bonds. The summed E-state index contributed by atoms with van der Waals surface area (Å²) in [6.07, 6.45) is 4.21. The van der Waals surface area contributed by atoms with Crippen LogP contribution in [0.3, 0.4) is 0 Å². The number of hydrogen-bond donors (Lipinski definition) is 1. The van der Waals surface area contributed by atoms with Crippen LogP contribution in [0.5, 0.6) is 0 Å². The van der Waals surface area contributed by atoms with Crippen LogP contribution in [0.25, 0.3) is 15.9 Å². The molecule has 6 nitrogen and oxygen atoms in total. The van der Waals surface area contributed by atoms with Crippen LogP contribution in [0.15, 0.2) is 45.3 Å². The van der Waals surface area contributed by atoms with Crippen LogP contribution in [0.2, 0.25) is 0 Å². The zero-order valence-corrected chi connectivity index (χ0v) is 15.9. The zero-order valence-electron chi connectivity index (χ0n) is 15.1. The first-order chi connectivity index (χ1) is 13.1. The second-order valence-electron chi connectivity index (χ2n) is 6.98. The second kappa shape index (κ2) is 7.15. The molecule has 27 heavy (non-hydrogen) atoms. The van der Waals surface area contributed by atoms with Crippen LogP contribution >= 0.6 is 11.3 Å². The number of nitrogens with one attached hydrogen (secondary N) is 1. The van der Waals surface area contributed by atoms with Crippen LogP contribution in [-0.4, -0.2) is 21.1 Å². The average Bonchev–Trinajstić information content (AvgIpc) is 3.32. The third kappa shape index (κ3) is 3.23. The van der Waals surface area contributed by atoms with E-state index in [0.717, 1.165) is 31.2 Å². The van der Waals surface area contributed by atoms with E-state index in [2.05, 4.69) is 5.32 Å². The van der Waals surface area contributed by atoms with Crippen molar-refractivity contribution in [2.24, 2.45) is 0 Å². The van der Waals surface area contributed by atoms with Crippen molar-refractivity contribution in [3.8, 4) is 5.69 Å². The van der Waals surface area contributed by atoms with E-state index in [1.54, 1.807) is 23.6 Å². The van der Waals surface area contributed by atoms with Crippen LogP contribution in [0, 0.1) is 6.92 Å². The van der Waals surface area contributed by atoms with Crippen molar-refractivity contribution in [1.82, 2.24) is 14.5 Å². The molecule has 1 saturated carbocycles. The van der Waals surface area contributed by atoms with E-state index < -0.39 is 5.69 Å². The number of carbonyl (C=O) groups excluding carboxylic acids is 1. The number of aromatic nitrogens is 2. The van der Waals surface area contributed by atoms with E-state index >= 15 is 0 Å². The largest absolute Gasteiger partial charge is 0.352 e. The summed E-state index contributed by atoms with van der Waals surface area (Å²) in [6, 6.07) is 9.18. The highest BCUT2D eigenvalue weighted by Gasteiger charge is 2.21. The fourth-order valence-corrected chi connectivity index (χ4v) is 4.58. The summed E-state index contributed by atoms with van der Waals surface area (Å²) in [4.78, 5) is 38.6. The Hall–Kier alpha value is -2.67. The van der Waals surface area contributed by atoms with Gasteiger partial charge < -0.3 is 5.32 Å². The van der Waals surface area contributed by atoms with Gasteiger partial charge in [0.2, 0.25) is 5.91 Å². The minimum Gasteiger partial charge on any atom is -0.352 e. The number of thiophene rings is 1. The minimum absolute atomic E-state index is 0.0886. The molecule has 1 N–H and O–H groups in total. The Morgan fingerprint density at radius 2 is 1.93 bits per heavy atom. The van der Waals surface area contributed by atoms with Gasteiger partial charge in [-0.15, -0.1) is 11.3 Å². The normalized spacial score (nSPS) is 14.7. The second-order valence-corrected chi connectivity index (χ2v) is 7.90. The molecular weight excluding hydrogens is 362 g/mol. The number of carbonyl (C=O) groups is 1. The van der Waals surface area contributed by atoms with Gasteiger partial charge in [-0.1, -0.05) is 31.0 Å². The molecule has 0 aliphatic heterocycles. The van der Waals surface area contributed by atoms with E-state index in [9.17, 15) is 14.4 Å². The highest BCUT2D eigenvalue weighted by molar-refractivity contribution is 7.17. The number of nitrogens with zero attached hydrogens (tertiary/aromatic N) is 2. The molecule has 140 valence electrons. The third-order valence-corrected chi connectivity index (χ3v) is 6.02. The summed E-state index contributed by atoms with van der Waals surface area (Å²) in [6.45, 7) is 1.77. The Labute approximate surface area is 160 Å². The quantitative estimate of drug-likeness (QED) is 0.753. The van der Waals surface area contributed by atoms with Crippen LogP contribution in [0.1, 0.15) is 31.2 Å². The number of aryl methyl sites for hydroxylation is 1. The molecule has 2 heterocycles. The number of para-hydroxylation sites is 1. The molecule has 3 aromatic rings. The SMILES string of the molecule is Cc1ccccc1-n1c(=O)c2sccc2n(CC(=O)NC2CCCC2)c1=O. The number of amides is 1. The van der Waals surface area contributed by atoms with Gasteiger partial charge in [0.25, 0.3) is 5.56 Å². The van der Waals surface area contributed by atoms with Crippen molar-refractivity contribution in [2.45, 2.75) is 45.2 Å². The van der Waals surface area contributed by atoms with Crippen molar-refractivity contribution >= 4 is 27.5 Å². The molecule has 1 fully saturated rings. The lowest BCUT2D eigenvalue weighted by Crippen LogP contribution is -2.43. The standard InChI is InChI=1S/C20H21N3O3S/c1-13-6-2-5-9-15(13)23-19(25)18-16(10-11-27-18)22(20(23)26)12-17(24)21-14-7-3-4-8-14/h2,5-6,9-11,14H,3-4,7-8,12H2,1H3,(H,21,24). The first kappa shape index (κ1) is 17.7. The maximum atomic E-state index is 13.2. The lowest BCUT2D eigenvalue weighted by atomic mass is 10.2. The molecule has 1 aromatic carbocycles. The third-order valence-electron chi connectivity index (χ3n) is 5.13. The molecule has 0 radical (unpaired) electrons. The van der Waals surface area contributed by atoms with Gasteiger partial charge in [-0.05, 0) is 42.8 Å². The molecule has 0 unspecified atom stereocenters. The Balaban J connectivity index is 1.82. The molecule has 0 bridgehead atoms. The van der Waals surface area contributed by atoms with Gasteiger partial charge in [0.15, 0.2) is 0 Å². The van der Waals surface area contributed by atoms with Crippen molar-refractivity contribution < 1.29 is 4.79 Å². The molecule has 1 aliphatic rings. The van der Waals surface area contributed by atoms with Gasteiger partial charge >= 0.3 is 5.69 Å². The topological polar surface area (TPSA) is 73.1 Å². The maximum absolute atomic E-state index is 13.2. The fourth-order valence-electron chi connectivity index (χ4n) is 3.75. The summed E-state index contributed by atoms with van der Waals surface area (Å²) in [5.41, 5.74) is 1.07. The van der Waals surface area contributed by atoms with Crippen molar-refractivity contribution in [3.05, 3.63) is 62.1 Å². The van der Waals surface area contributed by atoms with E-state index in [-0.39, 0.29) is 24.1 Å². The summed E-state index contributed by atoms with van der Waals surface area (Å²) in [5, 5.41) is 4.79. The lowest BCUT2D eigenvalue weighted by molar-refractivity contribution is -0.122. The molecule has 4 rings (SSSR count). The molecule has 2 aromatic heterocycles. The van der Waals surface area contributed by atoms with E-state index in [0.29, 0.717) is 15.9 Å². The van der Waals surface area contributed by atoms with Crippen LogP contribution in [0.4, 0.5) is 0 Å². The number of rotatable bonds is 4. The first-order valence-corrected chi connectivity index (χ1v) is 10.0. The highest BCUT2D eigenvalue weighted by Crippen LogP contribution is 2.19. The summed E-state index contributed by atoms with van der Waals surface area (Å²) < 4.78 is 3.06. The highest BCUT2D eigenvalue weighted by atomic mass is 32.1. The van der Waals surface area contributed by atoms with Crippen LogP contribution < -0.4 is 16.6 Å². The molecule has 0 spiro atoms. The molecular formula is C20H21N3O3S. The first-order valence-electron chi connectivity index (χ1n) is 9.14. The van der Waals surface area contributed by atoms with Gasteiger partial charge in [0.1, 0.15) is 11.2 Å². The Morgan fingerprint density at radius 3 is 2.67 bits per heavy atom. The summed E-state index contributed by atoms with van der Waals surface area (Å²) in [5.74, 6) is -0.188. The summed E-state index contributed by atoms with van der Waals surface area (Å²) in [7, 11) is 0. The van der Waals surface area contributed by atoms with Gasteiger partial charge in [-0.2, -0.15) is 0 Å². The smallest absolute Gasteiger partial charge is 0.336 e. The van der Waals surface area contributed by atoms with Gasteiger partial charge in [-0.3, -0.25) is 14.2 Å². The van der Waals surface area contributed by atoms with Gasteiger partial charge in [0, 0.05) is 6.04 Å². The Morgan fingerprint density at radius 1 is 1.19 bits per heavy atom. The summed E-state index contributed by atoms with van der Waals surface area (Å²) >= 11 is 1.29. The van der Waals surface area contributed by atoms with Crippen LogP contribution in [-0.2, 0) is 11.3 Å². The number of hydrogen-bond acceptors (Lipinski definition) is 4. The maximum Gasteiger partial charge on any atom is 0.336 e. The van der Waals surface area contributed by atoms with Crippen molar-refractivity contribution in [2.75, 3.05) is 0 Å². The Bertz CT molecular complexity index is 1120. The number of fused-ring (bicyclic) bond motifs is 1. The van der Waals surface area contributed by atoms with Crippen molar-refractivity contribution in [3.63, 3.8) is 0 Å². The minimum atomic E-state index is -0.484. The van der Waals surface area contributed by atoms with Crippen molar-refractivity contribution in [1.29, 1.82) is 0 Å². The molecule has 1 aliphatic carbocycles. The lowest BCUT2D eigenvalue weighted by Gasteiger charge is -2.15. The Kier molecular flexibility index (Phi) is 4.70. The van der Waals surface area contributed by atoms with E-state index in [4.69, 9.17) is 0 Å². The molecule has 0 saturated heterocycles. The van der Waals surface area contributed by atoms with Gasteiger partial charge in [-0.25, -0.2) is 9.36 Å². The molecule has 7 heteroatoms.